The first-order chi connectivity index (χ1) is 18.8. The van der Waals surface area contributed by atoms with Crippen molar-refractivity contribution in [1.82, 2.24) is 19.3 Å². The number of halogens is 1. The number of anilines is 3. The lowest BCUT2D eigenvalue weighted by Crippen LogP contribution is -2.47. The van der Waals surface area contributed by atoms with Crippen LogP contribution in [-0.2, 0) is 11.3 Å². The quantitative estimate of drug-likeness (QED) is 0.353. The summed E-state index contributed by atoms with van der Waals surface area (Å²) in [6.45, 7) is 3.28. The summed E-state index contributed by atoms with van der Waals surface area (Å²) >= 11 is 0. The van der Waals surface area contributed by atoms with Crippen molar-refractivity contribution in [2.75, 3.05) is 29.9 Å². The number of carbonyl (C=O) groups is 2. The smallest absolute Gasteiger partial charge is 0.414 e. The van der Waals surface area contributed by atoms with Gasteiger partial charge in [-0.2, -0.15) is 0 Å². The molecule has 6 rings (SSSR count). The molecule has 1 fully saturated rings. The Bertz CT molecular complexity index is 1590. The molecule has 2 aliphatic rings. The maximum absolute atomic E-state index is 13.7. The van der Waals surface area contributed by atoms with E-state index in [0.717, 1.165) is 10.6 Å². The third-order valence-electron chi connectivity index (χ3n) is 7.08. The highest BCUT2D eigenvalue weighted by Gasteiger charge is 2.37. The van der Waals surface area contributed by atoms with Crippen LogP contribution in [0.2, 0.25) is 0 Å². The monoisotopic (exact) mass is 532 g/mol. The largest absolute Gasteiger partial charge is 0.465 e. The van der Waals surface area contributed by atoms with Crippen molar-refractivity contribution in [3.63, 3.8) is 0 Å². The summed E-state index contributed by atoms with van der Waals surface area (Å²) in [5.74, 6) is -0.594. The number of aliphatic hydroxyl groups is 1. The van der Waals surface area contributed by atoms with E-state index in [1.54, 1.807) is 48.1 Å². The van der Waals surface area contributed by atoms with Crippen LogP contribution in [-0.4, -0.2) is 73.4 Å². The number of hydrogen-bond donors (Lipinski definition) is 3. The van der Waals surface area contributed by atoms with E-state index in [4.69, 9.17) is 4.74 Å². The molecule has 0 aliphatic carbocycles. The Labute approximate surface area is 222 Å². The van der Waals surface area contributed by atoms with Crippen LogP contribution in [0, 0.1) is 5.82 Å². The Balaban J connectivity index is 1.33. The summed E-state index contributed by atoms with van der Waals surface area (Å²) < 4.78 is 21.0. The molecular weight excluding hydrogens is 507 g/mol. The van der Waals surface area contributed by atoms with Crippen molar-refractivity contribution < 1.29 is 28.9 Å². The molecule has 3 aromatic heterocycles. The fourth-order valence-corrected chi connectivity index (χ4v) is 5.06. The number of aromatic nitrogens is 3. The van der Waals surface area contributed by atoms with Crippen LogP contribution in [0.3, 0.4) is 0 Å². The fourth-order valence-electron chi connectivity index (χ4n) is 5.06. The molecule has 0 spiro atoms. The summed E-state index contributed by atoms with van der Waals surface area (Å²) in [5, 5.41) is 22.7. The highest BCUT2D eigenvalue weighted by atomic mass is 19.1. The molecule has 1 aromatic carbocycles. The number of pyridine rings is 2. The number of nitrogens with zero attached hydrogens (tertiary/aromatic N) is 5. The number of carbonyl (C=O) groups excluding carboxylic acids is 1. The molecule has 0 radical (unpaired) electrons. The van der Waals surface area contributed by atoms with Crippen LogP contribution in [0.1, 0.15) is 22.8 Å². The van der Waals surface area contributed by atoms with Gasteiger partial charge in [-0.05, 0) is 36.8 Å². The van der Waals surface area contributed by atoms with Gasteiger partial charge in [-0.1, -0.05) is 6.07 Å². The number of fused-ring (bicyclic) bond motifs is 2. The van der Waals surface area contributed by atoms with Crippen LogP contribution < -0.4 is 10.2 Å². The number of ether oxygens (including phenoxy) is 1. The molecule has 5 heterocycles. The summed E-state index contributed by atoms with van der Waals surface area (Å²) in [7, 11) is 0. The van der Waals surface area contributed by atoms with Crippen molar-refractivity contribution in [3.8, 4) is 11.3 Å². The minimum atomic E-state index is -1.35. The molecule has 4 aromatic rings. The van der Waals surface area contributed by atoms with Crippen LogP contribution >= 0.6 is 0 Å². The Hall–Kier alpha value is -4.55. The Morgan fingerprint density at radius 1 is 1.21 bits per heavy atom. The molecule has 0 saturated carbocycles. The molecule has 1 unspecified atom stereocenters. The molecule has 200 valence electrons. The maximum Gasteiger partial charge on any atom is 0.414 e. The van der Waals surface area contributed by atoms with E-state index < -0.39 is 23.9 Å². The summed E-state index contributed by atoms with van der Waals surface area (Å²) in [6, 6.07) is 9.74. The van der Waals surface area contributed by atoms with Crippen molar-refractivity contribution in [1.29, 1.82) is 0 Å². The van der Waals surface area contributed by atoms with Crippen molar-refractivity contribution in [2.24, 2.45) is 0 Å². The first-order valence-electron chi connectivity index (χ1n) is 12.4. The van der Waals surface area contributed by atoms with Gasteiger partial charge in [0.25, 0.3) is 5.91 Å². The Morgan fingerprint density at radius 2 is 2.05 bits per heavy atom. The van der Waals surface area contributed by atoms with Gasteiger partial charge in [-0.25, -0.2) is 24.1 Å². The number of nitrogens with one attached hydrogen (secondary N) is 1. The fraction of sp³-hybridized carbons (Fsp3) is 0.259. The van der Waals surface area contributed by atoms with E-state index in [1.165, 1.54) is 12.1 Å². The predicted molar refractivity (Wildman–Crippen MR) is 140 cm³/mol. The second kappa shape index (κ2) is 9.64. The maximum atomic E-state index is 13.7. The van der Waals surface area contributed by atoms with Crippen molar-refractivity contribution in [2.45, 2.75) is 25.7 Å². The predicted octanol–water partition coefficient (Wildman–Crippen LogP) is 3.50. The lowest BCUT2D eigenvalue weighted by Gasteiger charge is -2.35. The van der Waals surface area contributed by atoms with Crippen LogP contribution in [0.15, 0.2) is 55.0 Å². The van der Waals surface area contributed by atoms with Gasteiger partial charge >= 0.3 is 6.09 Å². The number of aliphatic hydroxyl groups excluding tert-OH is 1. The molecule has 2 atom stereocenters. The van der Waals surface area contributed by atoms with E-state index in [9.17, 15) is 24.2 Å². The number of carboxylic acid groups (broad SMARTS) is 1. The van der Waals surface area contributed by atoms with Gasteiger partial charge in [0.05, 0.1) is 54.3 Å². The Kier molecular flexibility index (Phi) is 6.12. The molecule has 11 nitrogen and oxygen atoms in total. The molecule has 0 bridgehead atoms. The third-order valence-corrected chi connectivity index (χ3v) is 7.08. The second-order valence-electron chi connectivity index (χ2n) is 9.53. The number of hydrogen-bond acceptors (Lipinski definition) is 8. The van der Waals surface area contributed by atoms with Crippen molar-refractivity contribution >= 4 is 34.8 Å². The standard InChI is InChI=1S/C27H25FN6O5/c1-15(35)22-14-32(8-9-39-22)17-2-5-23(29-11-17)31-20-4-3-18(19-13-34(27(37)38)26(36)25(19)20)21-12-30-24-10-16(28)6-7-33(21)24/h2-7,10-12,15,22,35H,8-9,13-14H2,1H3,(H,29,31)(H,37,38)/t15-,22?/m1/s1. The number of rotatable bonds is 5. The number of benzene rings is 1. The third kappa shape index (κ3) is 4.43. The SMILES string of the molecule is C[C@@H](O)C1CN(c2ccc(Nc3ccc(-c4cnc5cc(F)ccn45)c4c3C(=O)N(C(=O)O)C4)nc2)CCO1. The second-order valence-corrected chi connectivity index (χ2v) is 9.53. The minimum absolute atomic E-state index is 0.128. The van der Waals surface area contributed by atoms with E-state index in [0.29, 0.717) is 53.7 Å². The van der Waals surface area contributed by atoms with Gasteiger partial charge in [0.15, 0.2) is 0 Å². The van der Waals surface area contributed by atoms with Crippen LogP contribution in [0.25, 0.3) is 16.9 Å². The molecule has 3 N–H and O–H groups in total. The summed E-state index contributed by atoms with van der Waals surface area (Å²) in [5.41, 5.74) is 3.66. The number of imide groups is 1. The van der Waals surface area contributed by atoms with Gasteiger partial charge in [0.1, 0.15) is 23.4 Å². The topological polar surface area (TPSA) is 133 Å². The van der Waals surface area contributed by atoms with Gasteiger partial charge < -0.3 is 25.2 Å². The lowest BCUT2D eigenvalue weighted by atomic mass is 9.99. The first-order valence-corrected chi connectivity index (χ1v) is 12.4. The van der Waals surface area contributed by atoms with Gasteiger partial charge in [-0.3, -0.25) is 9.20 Å². The van der Waals surface area contributed by atoms with Crippen LogP contribution in [0.4, 0.5) is 26.4 Å². The molecule has 2 aliphatic heterocycles. The zero-order valence-electron chi connectivity index (χ0n) is 20.9. The number of imidazole rings is 1. The zero-order chi connectivity index (χ0) is 27.3. The van der Waals surface area contributed by atoms with E-state index in [2.05, 4.69) is 20.2 Å². The summed E-state index contributed by atoms with van der Waals surface area (Å²) in [4.78, 5) is 36.6. The lowest BCUT2D eigenvalue weighted by molar-refractivity contribution is -0.0364. The molecular formula is C27H25FN6O5. The Morgan fingerprint density at radius 3 is 2.79 bits per heavy atom. The first kappa shape index (κ1) is 24.8. The van der Waals surface area contributed by atoms with Crippen molar-refractivity contribution in [3.05, 3.63) is 71.9 Å². The molecule has 39 heavy (non-hydrogen) atoms. The normalized spacial score (nSPS) is 17.9. The van der Waals surface area contributed by atoms with Crippen LogP contribution in [0.5, 0.6) is 0 Å². The van der Waals surface area contributed by atoms with E-state index >= 15 is 0 Å². The van der Waals surface area contributed by atoms with Gasteiger partial charge in [0.2, 0.25) is 0 Å². The van der Waals surface area contributed by atoms with Gasteiger partial charge in [0, 0.05) is 30.9 Å². The highest BCUT2D eigenvalue weighted by molar-refractivity contribution is 6.11. The summed E-state index contributed by atoms with van der Waals surface area (Å²) in [6.07, 6.45) is 2.59. The van der Waals surface area contributed by atoms with E-state index in [-0.39, 0.29) is 18.2 Å². The average molecular weight is 533 g/mol. The number of morpholine rings is 1. The highest BCUT2D eigenvalue weighted by Crippen LogP contribution is 2.38. The molecule has 2 amide bonds. The van der Waals surface area contributed by atoms with E-state index in [1.807, 2.05) is 6.07 Å². The number of amides is 2. The average Bonchev–Trinajstić information content (AvgIpc) is 3.50. The molecule has 12 heteroatoms. The van der Waals surface area contributed by atoms with Gasteiger partial charge in [-0.15, -0.1) is 0 Å². The molecule has 1 saturated heterocycles. The zero-order valence-corrected chi connectivity index (χ0v) is 20.9. The minimum Gasteiger partial charge on any atom is -0.465 e.